The van der Waals surface area contributed by atoms with Gasteiger partial charge in [-0.1, -0.05) is 12.0 Å². The molecule has 9 nitrogen and oxygen atoms in total. The topological polar surface area (TPSA) is 115 Å². The van der Waals surface area contributed by atoms with E-state index in [1.165, 1.54) is 6.33 Å². The van der Waals surface area contributed by atoms with Gasteiger partial charge in [0.15, 0.2) is 11.5 Å². The summed E-state index contributed by atoms with van der Waals surface area (Å²) in [4.78, 5) is 19.9. The molecule has 0 saturated heterocycles. The van der Waals surface area contributed by atoms with Crippen LogP contribution in [-0.4, -0.2) is 48.0 Å². The number of carbonyl (C=O) groups excluding carboxylic acids is 1. The molecule has 0 aliphatic rings. The summed E-state index contributed by atoms with van der Waals surface area (Å²) in [5, 5.41) is 12.6. The third kappa shape index (κ3) is 7.07. The number of fused-ring (bicyclic) bond motifs is 1. The molecule has 0 saturated carbocycles. The Hall–Kier alpha value is -3.87. The van der Waals surface area contributed by atoms with E-state index in [-0.39, 0.29) is 12.3 Å². The Morgan fingerprint density at radius 1 is 1.06 bits per heavy atom. The highest BCUT2D eigenvalue weighted by atomic mass is 16.5. The Labute approximate surface area is 198 Å². The van der Waals surface area contributed by atoms with Gasteiger partial charge in [-0.25, -0.2) is 15.4 Å². The van der Waals surface area contributed by atoms with E-state index in [1.54, 1.807) is 12.6 Å². The largest absolute Gasteiger partial charge is 0.490 e. The molecule has 0 aliphatic carbocycles. The number of rotatable bonds is 13. The third-order valence-corrected chi connectivity index (χ3v) is 4.97. The van der Waals surface area contributed by atoms with Crippen molar-refractivity contribution >= 4 is 28.3 Å². The van der Waals surface area contributed by atoms with Gasteiger partial charge in [0.05, 0.1) is 18.7 Å². The lowest BCUT2D eigenvalue weighted by atomic mass is 10.1. The molecule has 1 amide bonds. The fraction of sp³-hybridized carbons (Fsp3) is 0.320. The van der Waals surface area contributed by atoms with E-state index in [2.05, 4.69) is 21.2 Å². The highest BCUT2D eigenvalue weighted by molar-refractivity contribution is 5.93. The van der Waals surface area contributed by atoms with Gasteiger partial charge in [-0.3, -0.25) is 10.0 Å². The number of unbranched alkanes of at least 4 members (excludes halogenated alkanes) is 2. The number of hydrogen-bond donors (Lipinski definition) is 3. The predicted octanol–water partition coefficient (Wildman–Crippen LogP) is 3.82. The molecule has 3 rings (SSSR count). The van der Waals surface area contributed by atoms with Crippen LogP contribution in [0, 0.1) is 12.3 Å². The lowest BCUT2D eigenvalue weighted by Gasteiger charge is -2.15. The molecule has 34 heavy (non-hydrogen) atoms. The maximum absolute atomic E-state index is 11.1. The first-order valence-corrected chi connectivity index (χ1v) is 10.9. The van der Waals surface area contributed by atoms with Crippen LogP contribution in [0.25, 0.3) is 10.9 Å². The molecule has 0 unspecified atom stereocenters. The van der Waals surface area contributed by atoms with Crippen LogP contribution in [-0.2, 0) is 9.53 Å². The van der Waals surface area contributed by atoms with Crippen LogP contribution in [0.2, 0.25) is 0 Å². The van der Waals surface area contributed by atoms with Gasteiger partial charge < -0.3 is 19.5 Å². The highest BCUT2D eigenvalue weighted by Gasteiger charge is 2.13. The van der Waals surface area contributed by atoms with Gasteiger partial charge in [0.2, 0.25) is 5.91 Å². The van der Waals surface area contributed by atoms with E-state index >= 15 is 0 Å². The number of hydroxylamine groups is 1. The maximum Gasteiger partial charge on any atom is 0.243 e. The molecule has 0 aliphatic heterocycles. The molecule has 2 aromatic carbocycles. The van der Waals surface area contributed by atoms with Crippen LogP contribution in [0.4, 0.5) is 11.5 Å². The second kappa shape index (κ2) is 13.0. The van der Waals surface area contributed by atoms with Gasteiger partial charge in [-0.15, -0.1) is 6.42 Å². The zero-order valence-electron chi connectivity index (χ0n) is 19.0. The zero-order valence-corrected chi connectivity index (χ0v) is 19.0. The number of benzene rings is 2. The van der Waals surface area contributed by atoms with E-state index in [0.29, 0.717) is 49.1 Å². The van der Waals surface area contributed by atoms with E-state index < -0.39 is 0 Å². The number of nitrogens with one attached hydrogen (secondary N) is 2. The van der Waals surface area contributed by atoms with Gasteiger partial charge in [0.1, 0.15) is 18.8 Å². The van der Waals surface area contributed by atoms with Crippen LogP contribution < -0.4 is 20.3 Å². The SMILES string of the molecule is C#Cc1cccc(Nc2ncnc3cc(OCCCCCC(=O)NO)c(OCCOC)cc23)c1. The summed E-state index contributed by atoms with van der Waals surface area (Å²) in [6.45, 7) is 1.23. The van der Waals surface area contributed by atoms with Crippen LogP contribution >= 0.6 is 0 Å². The summed E-state index contributed by atoms with van der Waals surface area (Å²) >= 11 is 0. The first kappa shape index (κ1) is 24.8. The first-order chi connectivity index (χ1) is 16.6. The lowest BCUT2D eigenvalue weighted by Crippen LogP contribution is -2.17. The molecule has 3 aromatic rings. The van der Waals surface area contributed by atoms with Crippen LogP contribution in [0.3, 0.4) is 0 Å². The molecule has 1 aromatic heterocycles. The molecule has 0 radical (unpaired) electrons. The standard InChI is InChI=1S/C25H28N4O5/c1-3-18-8-7-9-19(14-18)28-25-20-15-22(34-13-12-32-2)23(16-21(20)26-17-27-25)33-11-6-4-5-10-24(30)29-31/h1,7-9,14-17,31H,4-6,10-13H2,2H3,(H,29,30)(H,26,27,28). The molecule has 178 valence electrons. The summed E-state index contributed by atoms with van der Waals surface area (Å²) in [5.41, 5.74) is 3.90. The molecule has 3 N–H and O–H groups in total. The number of aromatic nitrogens is 2. The summed E-state index contributed by atoms with van der Waals surface area (Å²) in [7, 11) is 1.61. The summed E-state index contributed by atoms with van der Waals surface area (Å²) < 4.78 is 17.0. The van der Waals surface area contributed by atoms with E-state index in [0.717, 1.165) is 29.5 Å². The van der Waals surface area contributed by atoms with Crippen LogP contribution in [0.5, 0.6) is 11.5 Å². The highest BCUT2D eigenvalue weighted by Crippen LogP contribution is 2.35. The fourth-order valence-electron chi connectivity index (χ4n) is 3.25. The van der Waals surface area contributed by atoms with Crippen molar-refractivity contribution in [3.8, 4) is 23.8 Å². The monoisotopic (exact) mass is 464 g/mol. The number of carbonyl (C=O) groups is 1. The average molecular weight is 465 g/mol. The van der Waals surface area contributed by atoms with Crippen molar-refractivity contribution in [2.75, 3.05) is 32.2 Å². The summed E-state index contributed by atoms with van der Waals surface area (Å²) in [5.74, 6) is 3.97. The van der Waals surface area contributed by atoms with Crippen LogP contribution in [0.1, 0.15) is 31.2 Å². The number of nitrogens with zero attached hydrogens (tertiary/aromatic N) is 2. The maximum atomic E-state index is 11.1. The molecular formula is C25H28N4O5. The quantitative estimate of drug-likeness (QED) is 0.151. The average Bonchev–Trinajstić information content (AvgIpc) is 2.86. The molecule has 0 atom stereocenters. The van der Waals surface area contributed by atoms with Gasteiger partial charge in [-0.05, 0) is 43.5 Å². The molecule has 0 bridgehead atoms. The second-order valence-corrected chi connectivity index (χ2v) is 7.42. The number of hydrogen-bond acceptors (Lipinski definition) is 8. The Morgan fingerprint density at radius 3 is 2.68 bits per heavy atom. The minimum absolute atomic E-state index is 0.273. The van der Waals surface area contributed by atoms with Gasteiger partial charge >= 0.3 is 0 Å². The normalized spacial score (nSPS) is 10.5. The van der Waals surface area contributed by atoms with E-state index in [9.17, 15) is 4.79 Å². The van der Waals surface area contributed by atoms with E-state index in [4.69, 9.17) is 25.8 Å². The number of terminal acetylenes is 1. The van der Waals surface area contributed by atoms with Crippen LogP contribution in [0.15, 0.2) is 42.7 Å². The first-order valence-electron chi connectivity index (χ1n) is 10.9. The molecule has 9 heteroatoms. The van der Waals surface area contributed by atoms with Crippen molar-refractivity contribution in [2.45, 2.75) is 25.7 Å². The molecule has 0 fully saturated rings. The van der Waals surface area contributed by atoms with Crippen molar-refractivity contribution in [1.29, 1.82) is 0 Å². The fourth-order valence-corrected chi connectivity index (χ4v) is 3.25. The Morgan fingerprint density at radius 2 is 1.88 bits per heavy atom. The summed E-state index contributed by atoms with van der Waals surface area (Å²) in [6, 6.07) is 11.2. The van der Waals surface area contributed by atoms with Crippen molar-refractivity contribution in [3.05, 3.63) is 48.3 Å². The Balaban J connectivity index is 1.77. The number of amides is 1. The molecular weight excluding hydrogens is 436 g/mol. The van der Waals surface area contributed by atoms with Crippen molar-refractivity contribution in [2.24, 2.45) is 0 Å². The van der Waals surface area contributed by atoms with Gasteiger partial charge in [-0.2, -0.15) is 0 Å². The molecule has 1 heterocycles. The number of ether oxygens (including phenoxy) is 3. The summed E-state index contributed by atoms with van der Waals surface area (Å²) in [6.07, 6.45) is 9.46. The number of methoxy groups -OCH3 is 1. The zero-order chi connectivity index (χ0) is 24.2. The Bertz CT molecular complexity index is 1150. The van der Waals surface area contributed by atoms with Crippen molar-refractivity contribution < 1.29 is 24.2 Å². The van der Waals surface area contributed by atoms with Gasteiger partial charge in [0, 0.05) is 36.2 Å². The minimum Gasteiger partial charge on any atom is -0.490 e. The minimum atomic E-state index is -0.389. The predicted molar refractivity (Wildman–Crippen MR) is 128 cm³/mol. The smallest absolute Gasteiger partial charge is 0.243 e. The molecule has 0 spiro atoms. The lowest BCUT2D eigenvalue weighted by molar-refractivity contribution is -0.129. The van der Waals surface area contributed by atoms with Gasteiger partial charge in [0.25, 0.3) is 0 Å². The number of anilines is 2. The Kier molecular flexibility index (Phi) is 9.46. The van der Waals surface area contributed by atoms with Crippen molar-refractivity contribution in [3.63, 3.8) is 0 Å². The van der Waals surface area contributed by atoms with E-state index in [1.807, 2.05) is 36.4 Å². The van der Waals surface area contributed by atoms with Crippen molar-refractivity contribution in [1.82, 2.24) is 15.4 Å². The second-order valence-electron chi connectivity index (χ2n) is 7.42. The third-order valence-electron chi connectivity index (χ3n) is 4.97.